The average Bonchev–Trinajstić information content (AvgIpc) is 2.58. The predicted octanol–water partition coefficient (Wildman–Crippen LogP) is 3.33. The zero-order valence-corrected chi connectivity index (χ0v) is 12.5. The van der Waals surface area contributed by atoms with Crippen LogP contribution in [0.2, 0.25) is 0 Å². The summed E-state index contributed by atoms with van der Waals surface area (Å²) in [5, 5.41) is 12.6. The highest BCUT2D eigenvalue weighted by atomic mass is 16.5. The normalized spacial score (nSPS) is 10.5. The Bertz CT molecular complexity index is 719. The summed E-state index contributed by atoms with van der Waals surface area (Å²) < 4.78 is 10.4. The van der Waals surface area contributed by atoms with Gasteiger partial charge in [-0.1, -0.05) is 18.2 Å². The van der Waals surface area contributed by atoms with E-state index < -0.39 is 5.97 Å². The van der Waals surface area contributed by atoms with Crippen LogP contribution in [-0.2, 0) is 9.53 Å². The van der Waals surface area contributed by atoms with E-state index >= 15 is 0 Å². The molecule has 116 valence electrons. The number of benzene rings is 2. The molecular weight excluding hydrogens is 294 g/mol. The molecule has 1 N–H and O–H groups in total. The van der Waals surface area contributed by atoms with Gasteiger partial charge < -0.3 is 9.47 Å². The Labute approximate surface area is 134 Å². The van der Waals surface area contributed by atoms with E-state index in [0.29, 0.717) is 11.4 Å². The van der Waals surface area contributed by atoms with Gasteiger partial charge in [0.15, 0.2) is 0 Å². The van der Waals surface area contributed by atoms with Crippen LogP contribution in [0.4, 0.5) is 5.69 Å². The Morgan fingerprint density at radius 3 is 2.39 bits per heavy atom. The summed E-state index contributed by atoms with van der Waals surface area (Å²) in [7, 11) is 0. The molecule has 0 spiro atoms. The van der Waals surface area contributed by atoms with Crippen molar-refractivity contribution in [1.29, 1.82) is 5.26 Å². The number of hydrazone groups is 1. The van der Waals surface area contributed by atoms with Gasteiger partial charge in [-0.15, -0.1) is 0 Å². The number of hydrogen-bond acceptors (Lipinski definition) is 6. The Balaban J connectivity index is 2.00. The second kappa shape index (κ2) is 8.20. The zero-order chi connectivity index (χ0) is 16.5. The maximum atomic E-state index is 11.4. The fourth-order valence-electron chi connectivity index (χ4n) is 1.66. The third-order valence-electron chi connectivity index (χ3n) is 2.70. The number of nitrogens with one attached hydrogen (secondary N) is 1. The summed E-state index contributed by atoms with van der Waals surface area (Å²) in [5.74, 6) is 0.642. The first-order valence-electron chi connectivity index (χ1n) is 6.97. The molecular formula is C17H15N3O3. The van der Waals surface area contributed by atoms with Gasteiger partial charge in [0.05, 0.1) is 12.3 Å². The summed E-state index contributed by atoms with van der Waals surface area (Å²) in [6.07, 6.45) is 0. The maximum absolute atomic E-state index is 11.4. The van der Waals surface area contributed by atoms with Gasteiger partial charge in [0, 0.05) is 0 Å². The number of anilines is 1. The van der Waals surface area contributed by atoms with E-state index in [4.69, 9.17) is 14.7 Å². The van der Waals surface area contributed by atoms with Crippen molar-refractivity contribution < 1.29 is 14.3 Å². The van der Waals surface area contributed by atoms with Crippen LogP contribution in [0.5, 0.6) is 11.5 Å². The molecule has 23 heavy (non-hydrogen) atoms. The fourth-order valence-corrected chi connectivity index (χ4v) is 1.66. The van der Waals surface area contributed by atoms with Crippen molar-refractivity contribution >= 4 is 17.4 Å². The Morgan fingerprint density at radius 2 is 1.78 bits per heavy atom. The van der Waals surface area contributed by atoms with E-state index in [2.05, 4.69) is 10.5 Å². The molecule has 0 saturated heterocycles. The second-order valence-electron chi connectivity index (χ2n) is 4.34. The molecule has 6 heteroatoms. The number of carbonyl (C=O) groups is 1. The number of nitrogens with zero attached hydrogens (tertiary/aromatic N) is 2. The van der Waals surface area contributed by atoms with Gasteiger partial charge in [0.2, 0.25) is 5.71 Å². The number of hydrogen-bond donors (Lipinski definition) is 1. The van der Waals surface area contributed by atoms with Gasteiger partial charge in [-0.05, 0) is 43.3 Å². The highest BCUT2D eigenvalue weighted by Gasteiger charge is 2.11. The molecule has 6 nitrogen and oxygen atoms in total. The number of para-hydroxylation sites is 1. The van der Waals surface area contributed by atoms with Crippen molar-refractivity contribution in [3.05, 3.63) is 54.6 Å². The first-order chi connectivity index (χ1) is 11.2. The van der Waals surface area contributed by atoms with E-state index in [1.807, 2.05) is 30.3 Å². The number of ether oxygens (including phenoxy) is 2. The van der Waals surface area contributed by atoms with Gasteiger partial charge >= 0.3 is 5.97 Å². The standard InChI is InChI=1S/C17H15N3O3/c1-2-22-17(21)16(12-18)20-19-13-8-10-15(11-9-13)23-14-6-4-3-5-7-14/h3-11,19H,2H2,1H3/b20-16+. The Morgan fingerprint density at radius 1 is 1.13 bits per heavy atom. The lowest BCUT2D eigenvalue weighted by atomic mass is 10.3. The summed E-state index contributed by atoms with van der Waals surface area (Å²) in [5.41, 5.74) is 2.91. The Kier molecular flexibility index (Phi) is 5.72. The Hall–Kier alpha value is -3.33. The first kappa shape index (κ1) is 16.0. The molecule has 0 saturated carbocycles. The summed E-state index contributed by atoms with van der Waals surface area (Å²) >= 11 is 0. The topological polar surface area (TPSA) is 83.7 Å². The first-order valence-corrected chi connectivity index (χ1v) is 6.97. The summed E-state index contributed by atoms with van der Waals surface area (Å²) in [6.45, 7) is 1.84. The lowest BCUT2D eigenvalue weighted by Gasteiger charge is -2.06. The second-order valence-corrected chi connectivity index (χ2v) is 4.34. The number of esters is 1. The van der Waals surface area contributed by atoms with E-state index in [9.17, 15) is 4.79 Å². The van der Waals surface area contributed by atoms with Gasteiger partial charge in [-0.3, -0.25) is 5.43 Å². The van der Waals surface area contributed by atoms with Crippen molar-refractivity contribution in [3.8, 4) is 17.6 Å². The monoisotopic (exact) mass is 309 g/mol. The highest BCUT2D eigenvalue weighted by Crippen LogP contribution is 2.22. The molecule has 0 bridgehead atoms. The highest BCUT2D eigenvalue weighted by molar-refractivity contribution is 6.43. The molecule has 0 atom stereocenters. The van der Waals surface area contributed by atoms with Crippen LogP contribution in [0.3, 0.4) is 0 Å². The van der Waals surface area contributed by atoms with Crippen LogP contribution >= 0.6 is 0 Å². The van der Waals surface area contributed by atoms with Crippen LogP contribution in [0.1, 0.15) is 6.92 Å². The quantitative estimate of drug-likeness (QED) is 0.502. The van der Waals surface area contributed by atoms with Crippen molar-refractivity contribution in [1.82, 2.24) is 0 Å². The molecule has 0 fully saturated rings. The smallest absolute Gasteiger partial charge is 0.369 e. The molecule has 0 unspecified atom stereocenters. The minimum Gasteiger partial charge on any atom is -0.461 e. The van der Waals surface area contributed by atoms with E-state index in [1.54, 1.807) is 37.3 Å². The van der Waals surface area contributed by atoms with Crippen LogP contribution < -0.4 is 10.2 Å². The summed E-state index contributed by atoms with van der Waals surface area (Å²) in [6, 6.07) is 18.0. The molecule has 0 aliphatic heterocycles. The fraction of sp³-hybridized carbons (Fsp3) is 0.118. The average molecular weight is 309 g/mol. The maximum Gasteiger partial charge on any atom is 0.369 e. The van der Waals surface area contributed by atoms with Crippen LogP contribution in [0.25, 0.3) is 0 Å². The van der Waals surface area contributed by atoms with E-state index in [1.165, 1.54) is 0 Å². The van der Waals surface area contributed by atoms with Crippen molar-refractivity contribution in [3.63, 3.8) is 0 Å². The molecule has 0 aliphatic rings. The minimum absolute atomic E-state index is 0.186. The van der Waals surface area contributed by atoms with Crippen molar-refractivity contribution in [2.45, 2.75) is 6.92 Å². The van der Waals surface area contributed by atoms with E-state index in [-0.39, 0.29) is 12.3 Å². The lowest BCUT2D eigenvalue weighted by molar-refractivity contribution is -0.134. The molecule has 2 rings (SSSR count). The third-order valence-corrected chi connectivity index (χ3v) is 2.70. The molecule has 0 aliphatic carbocycles. The number of rotatable bonds is 6. The van der Waals surface area contributed by atoms with Crippen molar-refractivity contribution in [2.24, 2.45) is 5.10 Å². The minimum atomic E-state index is -0.758. The number of carbonyl (C=O) groups excluding carboxylic acids is 1. The van der Waals surface area contributed by atoms with Crippen LogP contribution in [0.15, 0.2) is 59.7 Å². The van der Waals surface area contributed by atoms with E-state index in [0.717, 1.165) is 5.75 Å². The largest absolute Gasteiger partial charge is 0.461 e. The predicted molar refractivity (Wildman–Crippen MR) is 86.3 cm³/mol. The molecule has 0 radical (unpaired) electrons. The SMILES string of the molecule is CCOC(=O)/C(C#N)=N/Nc1ccc(Oc2ccccc2)cc1. The van der Waals surface area contributed by atoms with Crippen LogP contribution in [-0.4, -0.2) is 18.3 Å². The third kappa shape index (κ3) is 4.86. The van der Waals surface area contributed by atoms with Gasteiger partial charge in [0.1, 0.15) is 17.6 Å². The van der Waals surface area contributed by atoms with Gasteiger partial charge in [-0.2, -0.15) is 10.4 Å². The van der Waals surface area contributed by atoms with Crippen LogP contribution in [0, 0.1) is 11.3 Å². The van der Waals surface area contributed by atoms with Crippen molar-refractivity contribution in [2.75, 3.05) is 12.0 Å². The number of nitriles is 1. The molecule has 0 amide bonds. The van der Waals surface area contributed by atoms with Gasteiger partial charge in [0.25, 0.3) is 0 Å². The summed E-state index contributed by atoms with van der Waals surface area (Å²) in [4.78, 5) is 11.4. The van der Waals surface area contributed by atoms with Gasteiger partial charge in [-0.25, -0.2) is 4.79 Å². The molecule has 0 aromatic heterocycles. The molecule has 0 heterocycles. The zero-order valence-electron chi connectivity index (χ0n) is 12.5. The lowest BCUT2D eigenvalue weighted by Crippen LogP contribution is -2.17. The molecule has 2 aromatic carbocycles. The molecule has 2 aromatic rings.